The number of rotatable bonds is 5. The topological polar surface area (TPSA) is 65.0 Å². The number of benzene rings is 8. The van der Waals surface area contributed by atoms with Crippen LogP contribution in [0.25, 0.3) is 111 Å². The van der Waals surface area contributed by atoms with Crippen LogP contribution in [-0.2, 0) is 0 Å². The Morgan fingerprint density at radius 1 is 0.296 bits per heavy atom. The fourth-order valence-electron chi connectivity index (χ4n) is 7.81. The third kappa shape index (κ3) is 4.83. The molecule has 0 saturated heterocycles. The molecular weight excluding hydrogens is 663 g/mol. The van der Waals surface area contributed by atoms with E-state index in [1.54, 1.807) is 0 Å². The third-order valence-corrected chi connectivity index (χ3v) is 10.4. The molecule has 0 unspecified atom stereocenters. The molecule has 0 radical (unpaired) electrons. The Bertz CT molecular complexity index is 3200. The van der Waals surface area contributed by atoms with Crippen molar-refractivity contribution in [3.8, 4) is 56.4 Å². The molecule has 11 aromatic rings. The molecule has 0 saturated carbocycles. The van der Waals surface area contributed by atoms with Gasteiger partial charge in [0.25, 0.3) is 0 Å². The molecule has 0 atom stereocenters. The van der Waals surface area contributed by atoms with E-state index in [0.717, 1.165) is 93.6 Å². The molecule has 5 heteroatoms. The molecule has 3 aromatic heterocycles. The number of aromatic nitrogens is 3. The van der Waals surface area contributed by atoms with Gasteiger partial charge in [0.15, 0.2) is 17.5 Å². The standard InChI is InChI=1S/C49H29N3O2/c1-3-13-30(14-4-1)34-20-11-21-37-41-29-40(35-17-7-8-18-36(35)46(41)54-45(34)37)31-25-27-33(28-26-31)48-50-47(32-15-5-2-6-16-32)51-49(52-48)39-22-12-24-43-44(39)38-19-9-10-23-42(38)53-43/h1-29H. The highest BCUT2D eigenvalue weighted by molar-refractivity contribution is 6.20. The number of hydrogen-bond acceptors (Lipinski definition) is 5. The zero-order valence-corrected chi connectivity index (χ0v) is 28.9. The zero-order valence-electron chi connectivity index (χ0n) is 28.9. The summed E-state index contributed by atoms with van der Waals surface area (Å²) in [5, 5.41) is 6.43. The molecule has 0 amide bonds. The monoisotopic (exact) mass is 691 g/mol. The molecule has 8 aromatic carbocycles. The van der Waals surface area contributed by atoms with E-state index in [-0.39, 0.29) is 0 Å². The largest absolute Gasteiger partial charge is 0.456 e. The summed E-state index contributed by atoms with van der Waals surface area (Å²) in [6, 6.07) is 60.4. The van der Waals surface area contributed by atoms with Crippen LogP contribution < -0.4 is 0 Å². The first-order chi connectivity index (χ1) is 26.8. The second kappa shape index (κ2) is 12.1. The Labute approximate surface area is 309 Å². The Hall–Kier alpha value is -7.37. The van der Waals surface area contributed by atoms with Gasteiger partial charge in [0, 0.05) is 49.2 Å². The van der Waals surface area contributed by atoms with Crippen molar-refractivity contribution in [3.63, 3.8) is 0 Å². The van der Waals surface area contributed by atoms with Crippen molar-refractivity contribution in [3.05, 3.63) is 176 Å². The Balaban J connectivity index is 1.07. The average Bonchev–Trinajstić information content (AvgIpc) is 3.83. The van der Waals surface area contributed by atoms with E-state index in [9.17, 15) is 0 Å². The van der Waals surface area contributed by atoms with Gasteiger partial charge < -0.3 is 8.83 Å². The molecule has 11 rings (SSSR count). The van der Waals surface area contributed by atoms with Crippen molar-refractivity contribution < 1.29 is 8.83 Å². The van der Waals surface area contributed by atoms with Crippen LogP contribution in [0.2, 0.25) is 0 Å². The van der Waals surface area contributed by atoms with Crippen LogP contribution in [0.4, 0.5) is 0 Å². The SMILES string of the molecule is c1ccc(-c2nc(-c3ccc(-c4cc5c6cccc(-c7ccccc7)c6oc5c5ccccc45)cc3)nc(-c3cccc4oc5ccccc5c34)n2)cc1. The summed E-state index contributed by atoms with van der Waals surface area (Å²) < 4.78 is 13.0. The van der Waals surface area contributed by atoms with Crippen molar-refractivity contribution in [1.82, 2.24) is 15.0 Å². The molecular formula is C49H29N3O2. The van der Waals surface area contributed by atoms with Crippen LogP contribution in [0.15, 0.2) is 185 Å². The summed E-state index contributed by atoms with van der Waals surface area (Å²) in [5.74, 6) is 1.81. The van der Waals surface area contributed by atoms with Gasteiger partial charge in [-0.05, 0) is 40.3 Å². The first-order valence-corrected chi connectivity index (χ1v) is 18.0. The minimum atomic E-state index is 0.596. The van der Waals surface area contributed by atoms with Crippen molar-refractivity contribution in [1.29, 1.82) is 0 Å². The smallest absolute Gasteiger partial charge is 0.164 e. The van der Waals surface area contributed by atoms with Crippen molar-refractivity contribution in [2.24, 2.45) is 0 Å². The van der Waals surface area contributed by atoms with Gasteiger partial charge in [0.2, 0.25) is 0 Å². The van der Waals surface area contributed by atoms with Crippen LogP contribution >= 0.6 is 0 Å². The van der Waals surface area contributed by atoms with Gasteiger partial charge in [0.05, 0.1) is 0 Å². The molecule has 0 aliphatic heterocycles. The molecule has 3 heterocycles. The Morgan fingerprint density at radius 2 is 0.815 bits per heavy atom. The zero-order chi connectivity index (χ0) is 35.6. The predicted octanol–water partition coefficient (Wildman–Crippen LogP) is 13.2. The lowest BCUT2D eigenvalue weighted by Crippen LogP contribution is -2.00. The summed E-state index contributed by atoms with van der Waals surface area (Å²) >= 11 is 0. The summed E-state index contributed by atoms with van der Waals surface area (Å²) in [5.41, 5.74) is 10.6. The number of para-hydroxylation sites is 2. The molecule has 0 bridgehead atoms. The molecule has 0 N–H and O–H groups in total. The molecule has 0 aliphatic rings. The highest BCUT2D eigenvalue weighted by Crippen LogP contribution is 2.43. The van der Waals surface area contributed by atoms with E-state index in [0.29, 0.717) is 17.5 Å². The molecule has 0 spiro atoms. The normalized spacial score (nSPS) is 11.7. The number of hydrogen-bond donors (Lipinski definition) is 0. The lowest BCUT2D eigenvalue weighted by atomic mass is 9.94. The maximum Gasteiger partial charge on any atom is 0.164 e. The van der Waals surface area contributed by atoms with Gasteiger partial charge in [-0.25, -0.2) is 15.0 Å². The van der Waals surface area contributed by atoms with E-state index in [1.165, 1.54) is 0 Å². The van der Waals surface area contributed by atoms with Gasteiger partial charge in [-0.1, -0.05) is 158 Å². The van der Waals surface area contributed by atoms with Crippen molar-refractivity contribution in [2.75, 3.05) is 0 Å². The van der Waals surface area contributed by atoms with E-state index < -0.39 is 0 Å². The van der Waals surface area contributed by atoms with Crippen LogP contribution in [0.1, 0.15) is 0 Å². The van der Waals surface area contributed by atoms with Gasteiger partial charge in [0.1, 0.15) is 22.3 Å². The van der Waals surface area contributed by atoms with Crippen LogP contribution in [-0.4, -0.2) is 15.0 Å². The maximum atomic E-state index is 6.73. The highest BCUT2D eigenvalue weighted by atomic mass is 16.3. The Kier molecular flexibility index (Phi) is 6.79. The highest BCUT2D eigenvalue weighted by Gasteiger charge is 2.20. The van der Waals surface area contributed by atoms with Crippen LogP contribution in [0, 0.1) is 0 Å². The molecule has 0 fully saturated rings. The number of fused-ring (bicyclic) bond motifs is 8. The molecule has 0 aliphatic carbocycles. The lowest BCUT2D eigenvalue weighted by molar-refractivity contribution is 0.669. The number of furan rings is 2. The summed E-state index contributed by atoms with van der Waals surface area (Å²) in [6.45, 7) is 0. The van der Waals surface area contributed by atoms with E-state index in [2.05, 4.69) is 109 Å². The fraction of sp³-hybridized carbons (Fsp3) is 0. The van der Waals surface area contributed by atoms with Gasteiger partial charge in [-0.15, -0.1) is 0 Å². The van der Waals surface area contributed by atoms with Crippen LogP contribution in [0.3, 0.4) is 0 Å². The van der Waals surface area contributed by atoms with Gasteiger partial charge in [-0.3, -0.25) is 0 Å². The van der Waals surface area contributed by atoms with E-state index >= 15 is 0 Å². The van der Waals surface area contributed by atoms with Crippen molar-refractivity contribution >= 4 is 54.6 Å². The third-order valence-electron chi connectivity index (χ3n) is 10.4. The first kappa shape index (κ1) is 30.3. The fourth-order valence-corrected chi connectivity index (χ4v) is 7.81. The van der Waals surface area contributed by atoms with Crippen LogP contribution in [0.5, 0.6) is 0 Å². The number of nitrogens with zero attached hydrogens (tertiary/aromatic N) is 3. The van der Waals surface area contributed by atoms with E-state index in [1.807, 2.05) is 66.7 Å². The maximum absolute atomic E-state index is 6.73. The molecule has 54 heavy (non-hydrogen) atoms. The second-order valence-electron chi connectivity index (χ2n) is 13.5. The second-order valence-corrected chi connectivity index (χ2v) is 13.5. The molecule has 252 valence electrons. The average molecular weight is 692 g/mol. The molecule has 5 nitrogen and oxygen atoms in total. The summed E-state index contributed by atoms with van der Waals surface area (Å²) in [4.78, 5) is 15.2. The minimum Gasteiger partial charge on any atom is -0.456 e. The summed E-state index contributed by atoms with van der Waals surface area (Å²) in [6.07, 6.45) is 0. The Morgan fingerprint density at radius 3 is 1.59 bits per heavy atom. The van der Waals surface area contributed by atoms with Gasteiger partial charge >= 0.3 is 0 Å². The minimum absolute atomic E-state index is 0.596. The lowest BCUT2D eigenvalue weighted by Gasteiger charge is -2.11. The summed E-state index contributed by atoms with van der Waals surface area (Å²) in [7, 11) is 0. The quantitative estimate of drug-likeness (QED) is 0.180. The van der Waals surface area contributed by atoms with Crippen molar-refractivity contribution in [2.45, 2.75) is 0 Å². The van der Waals surface area contributed by atoms with E-state index in [4.69, 9.17) is 23.8 Å². The van der Waals surface area contributed by atoms with Gasteiger partial charge in [-0.2, -0.15) is 0 Å². The predicted molar refractivity (Wildman–Crippen MR) is 219 cm³/mol. The first-order valence-electron chi connectivity index (χ1n) is 18.0.